The van der Waals surface area contributed by atoms with Crippen molar-refractivity contribution in [1.82, 2.24) is 19.9 Å². The van der Waals surface area contributed by atoms with Crippen molar-refractivity contribution in [3.05, 3.63) is 47.7 Å². The van der Waals surface area contributed by atoms with Crippen molar-refractivity contribution in [1.29, 1.82) is 0 Å². The fourth-order valence-electron chi connectivity index (χ4n) is 3.77. The van der Waals surface area contributed by atoms with Crippen molar-refractivity contribution in [2.24, 2.45) is 0 Å². The first-order chi connectivity index (χ1) is 12.1. The van der Waals surface area contributed by atoms with Gasteiger partial charge in [0, 0.05) is 44.4 Å². The molecule has 2 saturated heterocycles. The summed E-state index contributed by atoms with van der Waals surface area (Å²) >= 11 is 0. The molecule has 6 nitrogen and oxygen atoms in total. The summed E-state index contributed by atoms with van der Waals surface area (Å²) in [5.74, 6) is 0.613. The van der Waals surface area contributed by atoms with Crippen molar-refractivity contribution in [2.75, 3.05) is 19.7 Å². The van der Waals surface area contributed by atoms with Gasteiger partial charge in [0.05, 0.1) is 29.8 Å². The van der Waals surface area contributed by atoms with Crippen LogP contribution in [0.3, 0.4) is 0 Å². The van der Waals surface area contributed by atoms with E-state index in [1.165, 1.54) is 0 Å². The average Bonchev–Trinajstić information content (AvgIpc) is 2.54. The van der Waals surface area contributed by atoms with Crippen LogP contribution >= 0.6 is 0 Å². The Balaban J connectivity index is 1.33. The third-order valence-corrected chi connectivity index (χ3v) is 4.82. The first kappa shape index (κ1) is 16.4. The van der Waals surface area contributed by atoms with Crippen LogP contribution in [-0.4, -0.2) is 51.3 Å². The molecule has 4 rings (SSSR count). The van der Waals surface area contributed by atoms with Crippen LogP contribution in [0.5, 0.6) is 5.88 Å². The number of rotatable bonds is 4. The van der Waals surface area contributed by atoms with E-state index in [1.54, 1.807) is 12.4 Å². The van der Waals surface area contributed by atoms with E-state index >= 15 is 0 Å². The van der Waals surface area contributed by atoms with Crippen molar-refractivity contribution < 1.29 is 9.47 Å². The van der Waals surface area contributed by atoms with Crippen LogP contribution in [0.2, 0.25) is 0 Å². The van der Waals surface area contributed by atoms with E-state index in [4.69, 9.17) is 9.47 Å². The Morgan fingerprint density at radius 2 is 2.08 bits per heavy atom. The van der Waals surface area contributed by atoms with Gasteiger partial charge >= 0.3 is 0 Å². The number of hydrogen-bond donors (Lipinski definition) is 0. The minimum absolute atomic E-state index is 0.0794. The van der Waals surface area contributed by atoms with Crippen LogP contribution < -0.4 is 4.74 Å². The third kappa shape index (κ3) is 3.80. The molecular weight excluding hydrogens is 316 g/mol. The topological polar surface area (TPSA) is 60.4 Å². The van der Waals surface area contributed by atoms with E-state index in [0.29, 0.717) is 5.88 Å². The molecule has 132 valence electrons. The van der Waals surface area contributed by atoms with Crippen molar-refractivity contribution in [3.63, 3.8) is 0 Å². The fourth-order valence-corrected chi connectivity index (χ4v) is 3.77. The Morgan fingerprint density at radius 1 is 1.20 bits per heavy atom. The number of hydrogen-bond acceptors (Lipinski definition) is 6. The highest BCUT2D eigenvalue weighted by Crippen LogP contribution is 2.36. The highest BCUT2D eigenvalue weighted by Gasteiger charge is 2.48. The molecule has 0 aromatic carbocycles. The van der Waals surface area contributed by atoms with Crippen LogP contribution in [0.4, 0.5) is 0 Å². The number of ether oxygens (including phenoxy) is 2. The van der Waals surface area contributed by atoms with E-state index in [1.807, 2.05) is 19.9 Å². The zero-order valence-corrected chi connectivity index (χ0v) is 14.8. The maximum atomic E-state index is 6.11. The highest BCUT2D eigenvalue weighted by molar-refractivity contribution is 5.12. The first-order valence-corrected chi connectivity index (χ1v) is 8.84. The van der Waals surface area contributed by atoms with E-state index in [9.17, 15) is 0 Å². The molecule has 0 amide bonds. The maximum absolute atomic E-state index is 6.11. The lowest BCUT2D eigenvalue weighted by Crippen LogP contribution is -2.65. The van der Waals surface area contributed by atoms with Gasteiger partial charge in [-0.05, 0) is 26.0 Å². The van der Waals surface area contributed by atoms with E-state index in [0.717, 1.165) is 56.2 Å². The van der Waals surface area contributed by atoms with Crippen molar-refractivity contribution in [2.45, 2.75) is 44.9 Å². The zero-order chi connectivity index (χ0) is 17.3. The molecule has 2 aliphatic rings. The molecule has 6 heteroatoms. The third-order valence-electron chi connectivity index (χ3n) is 4.82. The number of aromatic nitrogens is 3. The molecule has 0 bridgehead atoms. The van der Waals surface area contributed by atoms with Gasteiger partial charge in [-0.1, -0.05) is 6.07 Å². The van der Waals surface area contributed by atoms with Gasteiger partial charge in [0.25, 0.3) is 0 Å². The second kappa shape index (κ2) is 6.69. The van der Waals surface area contributed by atoms with Crippen LogP contribution in [0, 0.1) is 13.8 Å². The molecule has 1 atom stereocenters. The van der Waals surface area contributed by atoms with Gasteiger partial charge in [0.15, 0.2) is 0 Å². The molecule has 2 aromatic heterocycles. The summed E-state index contributed by atoms with van der Waals surface area (Å²) in [6.07, 6.45) is 5.37. The monoisotopic (exact) mass is 340 g/mol. The zero-order valence-electron chi connectivity index (χ0n) is 14.8. The summed E-state index contributed by atoms with van der Waals surface area (Å²) in [5, 5.41) is 0. The van der Waals surface area contributed by atoms with Crippen molar-refractivity contribution in [3.8, 4) is 5.88 Å². The predicted molar refractivity (Wildman–Crippen MR) is 93.4 cm³/mol. The van der Waals surface area contributed by atoms with Crippen molar-refractivity contribution >= 4 is 0 Å². The Morgan fingerprint density at radius 3 is 2.88 bits per heavy atom. The number of nitrogens with zero attached hydrogens (tertiary/aromatic N) is 4. The van der Waals surface area contributed by atoms with Crippen LogP contribution in [-0.2, 0) is 11.3 Å². The summed E-state index contributed by atoms with van der Waals surface area (Å²) < 4.78 is 12.2. The van der Waals surface area contributed by atoms with E-state index < -0.39 is 0 Å². The lowest BCUT2D eigenvalue weighted by atomic mass is 9.84. The maximum Gasteiger partial charge on any atom is 0.232 e. The number of aryl methyl sites for hydroxylation is 2. The minimum Gasteiger partial charge on any atom is -0.473 e. The number of pyridine rings is 1. The van der Waals surface area contributed by atoms with Crippen LogP contribution in [0.25, 0.3) is 0 Å². The van der Waals surface area contributed by atoms with Gasteiger partial charge in [-0.25, -0.2) is 4.98 Å². The number of likely N-dealkylation sites (tertiary alicyclic amines) is 1. The van der Waals surface area contributed by atoms with Gasteiger partial charge in [-0.3, -0.25) is 14.9 Å². The minimum atomic E-state index is -0.0794. The molecule has 25 heavy (non-hydrogen) atoms. The lowest BCUT2D eigenvalue weighted by molar-refractivity contribution is -0.188. The SMILES string of the molecule is Cc1cccc(CN2CC3(C[C@@H](Oc4cncc(C)n4)CCO3)C2)n1. The molecule has 0 aliphatic carbocycles. The van der Waals surface area contributed by atoms with Gasteiger partial charge in [0.1, 0.15) is 6.10 Å². The lowest BCUT2D eigenvalue weighted by Gasteiger charge is -2.52. The molecular formula is C19H24N4O2. The first-order valence-electron chi connectivity index (χ1n) is 8.84. The normalized spacial score (nSPS) is 22.6. The van der Waals surface area contributed by atoms with E-state index in [2.05, 4.69) is 32.0 Å². The quantitative estimate of drug-likeness (QED) is 0.851. The highest BCUT2D eigenvalue weighted by atomic mass is 16.5. The summed E-state index contributed by atoms with van der Waals surface area (Å²) in [5.41, 5.74) is 2.98. The van der Waals surface area contributed by atoms with Gasteiger partial charge in [-0.2, -0.15) is 0 Å². The summed E-state index contributed by atoms with van der Waals surface area (Å²) in [6, 6.07) is 6.18. The molecule has 0 unspecified atom stereocenters. The fraction of sp³-hybridized carbons (Fsp3) is 0.526. The smallest absolute Gasteiger partial charge is 0.232 e. The molecule has 1 spiro atoms. The second-order valence-corrected chi connectivity index (χ2v) is 7.18. The van der Waals surface area contributed by atoms with Gasteiger partial charge < -0.3 is 9.47 Å². The molecule has 4 heterocycles. The molecule has 2 fully saturated rings. The Kier molecular flexibility index (Phi) is 4.39. The Hall–Kier alpha value is -2.05. The standard InChI is InChI=1S/C19H24N4O2/c1-14-4-3-5-16(21-14)11-23-12-19(13-23)8-17(6-7-24-19)25-18-10-20-9-15(2)22-18/h3-5,9-10,17H,6-8,11-13H2,1-2H3/t17-/m0/s1. The van der Waals surface area contributed by atoms with E-state index in [-0.39, 0.29) is 11.7 Å². The Bertz CT molecular complexity index is 746. The van der Waals surface area contributed by atoms with Gasteiger partial charge in [0.2, 0.25) is 5.88 Å². The largest absolute Gasteiger partial charge is 0.473 e. The summed E-state index contributed by atoms with van der Waals surface area (Å²) in [6.45, 7) is 7.43. The average molecular weight is 340 g/mol. The second-order valence-electron chi connectivity index (χ2n) is 7.18. The molecule has 0 radical (unpaired) electrons. The van der Waals surface area contributed by atoms with Crippen LogP contribution in [0.1, 0.15) is 29.9 Å². The predicted octanol–water partition coefficient (Wildman–Crippen LogP) is 2.30. The van der Waals surface area contributed by atoms with Gasteiger partial charge in [-0.15, -0.1) is 0 Å². The molecule has 0 N–H and O–H groups in total. The summed E-state index contributed by atoms with van der Waals surface area (Å²) in [7, 11) is 0. The van der Waals surface area contributed by atoms with Crippen LogP contribution in [0.15, 0.2) is 30.6 Å². The molecule has 2 aliphatic heterocycles. The molecule has 2 aromatic rings. The Labute approximate surface area is 148 Å². The molecule has 0 saturated carbocycles. The summed E-state index contributed by atoms with van der Waals surface area (Å²) in [4.78, 5) is 15.5.